The Hall–Kier alpha value is -1.85. The van der Waals surface area contributed by atoms with E-state index in [-0.39, 0.29) is 24.6 Å². The molecule has 0 bridgehead atoms. The van der Waals surface area contributed by atoms with Crippen LogP contribution < -0.4 is 15.2 Å². The molecule has 2 N–H and O–H groups in total. The fraction of sp³-hybridized carbons (Fsp3) is 0.200. The Morgan fingerprint density at radius 1 is 0.857 bits per heavy atom. The summed E-state index contributed by atoms with van der Waals surface area (Å²) in [5.41, 5.74) is 5.24. The van der Waals surface area contributed by atoms with Crippen molar-refractivity contribution >= 4 is 12.4 Å². The van der Waals surface area contributed by atoms with Crippen LogP contribution >= 0.6 is 12.4 Å². The molecule has 0 radical (unpaired) electrons. The maximum atomic E-state index is 13.4. The molecule has 0 heterocycles. The topological polar surface area (TPSA) is 44.5 Å². The quantitative estimate of drug-likeness (QED) is 0.889. The summed E-state index contributed by atoms with van der Waals surface area (Å²) in [5, 5.41) is 0. The predicted octanol–water partition coefficient (Wildman–Crippen LogP) is 3.30. The molecule has 3 nitrogen and oxygen atoms in total. The van der Waals surface area contributed by atoms with Crippen LogP contribution in [0.5, 0.6) is 11.5 Å². The lowest BCUT2D eigenvalue weighted by molar-refractivity contribution is 0.290. The molecule has 21 heavy (non-hydrogen) atoms. The summed E-state index contributed by atoms with van der Waals surface area (Å²) in [5.74, 6) is -0.0616. The van der Waals surface area contributed by atoms with Gasteiger partial charge in [0.25, 0.3) is 0 Å². The van der Waals surface area contributed by atoms with Gasteiger partial charge in [0.2, 0.25) is 0 Å². The minimum absolute atomic E-state index is 0. The minimum atomic E-state index is -0.618. The number of halogens is 3. The van der Waals surface area contributed by atoms with Crippen LogP contribution in [-0.2, 0) is 6.61 Å². The second kappa shape index (κ2) is 8.44. The van der Waals surface area contributed by atoms with Crippen LogP contribution in [0.2, 0.25) is 0 Å². The molecule has 0 atom stereocenters. The number of ether oxygens (including phenoxy) is 2. The number of hydrogen-bond acceptors (Lipinski definition) is 3. The van der Waals surface area contributed by atoms with Gasteiger partial charge in [-0.25, -0.2) is 8.78 Å². The molecule has 0 amide bonds. The van der Waals surface area contributed by atoms with Crippen LogP contribution in [0.3, 0.4) is 0 Å². The second-order valence-corrected chi connectivity index (χ2v) is 4.10. The van der Waals surface area contributed by atoms with E-state index >= 15 is 0 Å². The average molecular weight is 316 g/mol. The summed E-state index contributed by atoms with van der Waals surface area (Å²) < 4.78 is 37.5. The van der Waals surface area contributed by atoms with Crippen LogP contribution in [0.1, 0.15) is 5.56 Å². The molecule has 0 saturated heterocycles. The van der Waals surface area contributed by atoms with Crippen LogP contribution in [-0.4, -0.2) is 13.2 Å². The maximum absolute atomic E-state index is 13.4. The summed E-state index contributed by atoms with van der Waals surface area (Å²) >= 11 is 0. The van der Waals surface area contributed by atoms with Crippen molar-refractivity contribution in [3.8, 4) is 11.5 Å². The molecule has 6 heteroatoms. The smallest absolute Gasteiger partial charge is 0.132 e. The lowest BCUT2D eigenvalue weighted by Crippen LogP contribution is -2.10. The molecule has 0 aliphatic rings. The molecular formula is C15H16ClF2NO2. The molecule has 0 aliphatic heterocycles. The number of hydrogen-bond donors (Lipinski definition) is 1. The van der Waals surface area contributed by atoms with Crippen molar-refractivity contribution < 1.29 is 18.3 Å². The third kappa shape index (κ3) is 4.88. The van der Waals surface area contributed by atoms with Gasteiger partial charge in [0.15, 0.2) is 0 Å². The Morgan fingerprint density at radius 3 is 1.90 bits per heavy atom. The normalized spacial score (nSPS) is 9.86. The van der Waals surface area contributed by atoms with Crippen LogP contribution in [0.4, 0.5) is 8.78 Å². The van der Waals surface area contributed by atoms with Gasteiger partial charge in [0, 0.05) is 6.54 Å². The van der Waals surface area contributed by atoms with Gasteiger partial charge >= 0.3 is 0 Å². The summed E-state index contributed by atoms with van der Waals surface area (Å²) in [6, 6.07) is 10.5. The van der Waals surface area contributed by atoms with Gasteiger partial charge in [0.1, 0.15) is 36.3 Å². The summed E-state index contributed by atoms with van der Waals surface area (Å²) in [6.07, 6.45) is 0. The van der Waals surface area contributed by atoms with E-state index in [0.717, 1.165) is 0 Å². The highest BCUT2D eigenvalue weighted by Crippen LogP contribution is 2.20. The molecule has 2 rings (SSSR count). The zero-order chi connectivity index (χ0) is 14.4. The van der Waals surface area contributed by atoms with E-state index in [1.165, 1.54) is 18.2 Å². The van der Waals surface area contributed by atoms with Gasteiger partial charge in [-0.05, 0) is 36.4 Å². The van der Waals surface area contributed by atoms with Gasteiger partial charge in [-0.3, -0.25) is 0 Å². The first-order valence-corrected chi connectivity index (χ1v) is 6.19. The first kappa shape index (κ1) is 17.2. The third-order valence-corrected chi connectivity index (χ3v) is 2.66. The Kier molecular flexibility index (Phi) is 6.91. The number of nitrogens with two attached hydrogens (primary N) is 1. The predicted molar refractivity (Wildman–Crippen MR) is 78.9 cm³/mol. The SMILES string of the molecule is Cl.NCCOc1ccc(OCc2c(F)cccc2F)cc1. The van der Waals surface area contributed by atoms with Crippen molar-refractivity contribution in [3.05, 3.63) is 59.7 Å². The van der Waals surface area contributed by atoms with E-state index in [4.69, 9.17) is 15.2 Å². The molecule has 0 spiro atoms. The Morgan fingerprint density at radius 2 is 1.38 bits per heavy atom. The van der Waals surface area contributed by atoms with Crippen molar-refractivity contribution in [2.24, 2.45) is 5.73 Å². The van der Waals surface area contributed by atoms with Gasteiger partial charge in [-0.2, -0.15) is 0 Å². The fourth-order valence-corrected chi connectivity index (χ4v) is 1.63. The van der Waals surface area contributed by atoms with Crippen molar-refractivity contribution in [1.82, 2.24) is 0 Å². The fourth-order valence-electron chi connectivity index (χ4n) is 1.63. The first-order chi connectivity index (χ1) is 9.70. The van der Waals surface area contributed by atoms with E-state index in [0.29, 0.717) is 24.7 Å². The largest absolute Gasteiger partial charge is 0.492 e. The Labute approximate surface area is 128 Å². The van der Waals surface area contributed by atoms with E-state index in [1.807, 2.05) is 0 Å². The molecule has 0 aliphatic carbocycles. The zero-order valence-electron chi connectivity index (χ0n) is 11.2. The van der Waals surface area contributed by atoms with Crippen LogP contribution in [0, 0.1) is 11.6 Å². The third-order valence-electron chi connectivity index (χ3n) is 2.66. The van der Waals surface area contributed by atoms with Crippen molar-refractivity contribution in [1.29, 1.82) is 0 Å². The number of rotatable bonds is 6. The second-order valence-electron chi connectivity index (χ2n) is 4.10. The van der Waals surface area contributed by atoms with Crippen molar-refractivity contribution in [3.63, 3.8) is 0 Å². The highest BCUT2D eigenvalue weighted by molar-refractivity contribution is 5.85. The molecule has 2 aromatic rings. The van der Waals surface area contributed by atoms with Gasteiger partial charge in [-0.1, -0.05) is 6.07 Å². The Balaban J connectivity index is 0.00000220. The van der Waals surface area contributed by atoms with Gasteiger partial charge in [-0.15, -0.1) is 12.4 Å². The molecule has 0 unspecified atom stereocenters. The summed E-state index contributed by atoms with van der Waals surface area (Å²) in [7, 11) is 0. The van der Waals surface area contributed by atoms with Crippen molar-refractivity contribution in [2.45, 2.75) is 6.61 Å². The van der Waals surface area contributed by atoms with E-state index in [9.17, 15) is 8.78 Å². The highest BCUT2D eigenvalue weighted by atomic mass is 35.5. The highest BCUT2D eigenvalue weighted by Gasteiger charge is 2.08. The molecule has 2 aromatic carbocycles. The number of benzene rings is 2. The maximum Gasteiger partial charge on any atom is 0.132 e. The van der Waals surface area contributed by atoms with Gasteiger partial charge < -0.3 is 15.2 Å². The van der Waals surface area contributed by atoms with Crippen LogP contribution in [0.15, 0.2) is 42.5 Å². The standard InChI is InChI=1S/C15H15F2NO2.ClH/c16-14-2-1-3-15(17)13(14)10-20-12-6-4-11(5-7-12)19-9-8-18;/h1-7H,8-10,18H2;1H. The van der Waals surface area contributed by atoms with E-state index in [2.05, 4.69) is 0 Å². The summed E-state index contributed by atoms with van der Waals surface area (Å²) in [4.78, 5) is 0. The molecule has 0 aromatic heterocycles. The lowest BCUT2D eigenvalue weighted by Gasteiger charge is -2.09. The molecule has 114 valence electrons. The molecular weight excluding hydrogens is 300 g/mol. The summed E-state index contributed by atoms with van der Waals surface area (Å²) in [6.45, 7) is 0.701. The Bertz CT molecular complexity index is 544. The molecule has 0 saturated carbocycles. The first-order valence-electron chi connectivity index (χ1n) is 6.19. The van der Waals surface area contributed by atoms with E-state index in [1.54, 1.807) is 24.3 Å². The van der Waals surface area contributed by atoms with Gasteiger partial charge in [0.05, 0.1) is 5.56 Å². The lowest BCUT2D eigenvalue weighted by atomic mass is 10.2. The van der Waals surface area contributed by atoms with Crippen LogP contribution in [0.25, 0.3) is 0 Å². The monoisotopic (exact) mass is 315 g/mol. The zero-order valence-corrected chi connectivity index (χ0v) is 12.0. The minimum Gasteiger partial charge on any atom is -0.492 e. The van der Waals surface area contributed by atoms with E-state index < -0.39 is 11.6 Å². The van der Waals surface area contributed by atoms with Crippen molar-refractivity contribution in [2.75, 3.05) is 13.2 Å². The molecule has 0 fully saturated rings. The average Bonchev–Trinajstić information content (AvgIpc) is 2.46.